The van der Waals surface area contributed by atoms with E-state index in [0.29, 0.717) is 6.10 Å². The SMILES string of the molecule is CCCOc1cc(C)ccc1NCC1CCCO1. The lowest BCUT2D eigenvalue weighted by Gasteiger charge is -2.16. The molecule has 0 bridgehead atoms. The lowest BCUT2D eigenvalue weighted by Crippen LogP contribution is -2.18. The van der Waals surface area contributed by atoms with Gasteiger partial charge in [0.2, 0.25) is 0 Å². The smallest absolute Gasteiger partial charge is 0.142 e. The summed E-state index contributed by atoms with van der Waals surface area (Å²) in [6.45, 7) is 6.74. The molecular weight excluding hydrogens is 226 g/mol. The van der Waals surface area contributed by atoms with Gasteiger partial charge in [0.25, 0.3) is 0 Å². The molecule has 1 aromatic carbocycles. The highest BCUT2D eigenvalue weighted by atomic mass is 16.5. The van der Waals surface area contributed by atoms with Crippen molar-refractivity contribution in [3.05, 3.63) is 23.8 Å². The molecule has 1 atom stereocenters. The van der Waals surface area contributed by atoms with E-state index in [2.05, 4.69) is 37.4 Å². The van der Waals surface area contributed by atoms with E-state index in [9.17, 15) is 0 Å². The fourth-order valence-electron chi connectivity index (χ4n) is 2.14. The molecule has 0 amide bonds. The highest BCUT2D eigenvalue weighted by Crippen LogP contribution is 2.26. The van der Waals surface area contributed by atoms with Crippen LogP contribution in [0.15, 0.2) is 18.2 Å². The van der Waals surface area contributed by atoms with Gasteiger partial charge in [-0.3, -0.25) is 0 Å². The van der Waals surface area contributed by atoms with E-state index in [1.807, 2.05) is 0 Å². The summed E-state index contributed by atoms with van der Waals surface area (Å²) in [7, 11) is 0. The second-order valence-corrected chi connectivity index (χ2v) is 4.86. The second kappa shape index (κ2) is 6.64. The molecule has 1 fully saturated rings. The van der Waals surface area contributed by atoms with Crippen molar-refractivity contribution >= 4 is 5.69 Å². The van der Waals surface area contributed by atoms with Gasteiger partial charge in [0, 0.05) is 13.2 Å². The van der Waals surface area contributed by atoms with Crippen LogP contribution in [0.2, 0.25) is 0 Å². The summed E-state index contributed by atoms with van der Waals surface area (Å²) < 4.78 is 11.4. The van der Waals surface area contributed by atoms with Crippen molar-refractivity contribution in [1.82, 2.24) is 0 Å². The normalized spacial score (nSPS) is 18.9. The predicted molar refractivity (Wildman–Crippen MR) is 74.4 cm³/mol. The van der Waals surface area contributed by atoms with Crippen molar-refractivity contribution in [3.8, 4) is 5.75 Å². The summed E-state index contributed by atoms with van der Waals surface area (Å²) in [6, 6.07) is 6.29. The maximum atomic E-state index is 5.78. The number of rotatable bonds is 6. The molecule has 18 heavy (non-hydrogen) atoms. The predicted octanol–water partition coefficient (Wildman–Crippen LogP) is 3.37. The standard InChI is InChI=1S/C15H23NO2/c1-3-8-18-15-10-12(2)6-7-14(15)16-11-13-5-4-9-17-13/h6-7,10,13,16H,3-5,8-9,11H2,1-2H3. The summed E-state index contributed by atoms with van der Waals surface area (Å²) in [5.41, 5.74) is 2.30. The van der Waals surface area contributed by atoms with Crippen LogP contribution in [0, 0.1) is 6.92 Å². The Balaban J connectivity index is 1.96. The van der Waals surface area contributed by atoms with Gasteiger partial charge >= 0.3 is 0 Å². The number of benzene rings is 1. The first-order valence-electron chi connectivity index (χ1n) is 6.88. The second-order valence-electron chi connectivity index (χ2n) is 4.86. The van der Waals surface area contributed by atoms with Crippen LogP contribution in [0.25, 0.3) is 0 Å². The number of anilines is 1. The van der Waals surface area contributed by atoms with Gasteiger partial charge in [-0.1, -0.05) is 13.0 Å². The minimum atomic E-state index is 0.352. The van der Waals surface area contributed by atoms with E-state index in [-0.39, 0.29) is 0 Å². The van der Waals surface area contributed by atoms with Crippen LogP contribution in [-0.2, 0) is 4.74 Å². The number of aryl methyl sites for hydroxylation is 1. The average molecular weight is 249 g/mol. The molecular formula is C15H23NO2. The third-order valence-electron chi connectivity index (χ3n) is 3.14. The molecule has 0 aliphatic carbocycles. The fourth-order valence-corrected chi connectivity index (χ4v) is 2.14. The molecule has 1 aliphatic heterocycles. The molecule has 1 aromatic rings. The lowest BCUT2D eigenvalue weighted by atomic mass is 10.2. The van der Waals surface area contributed by atoms with Crippen LogP contribution < -0.4 is 10.1 Å². The number of ether oxygens (including phenoxy) is 2. The van der Waals surface area contributed by atoms with Gasteiger partial charge in [-0.15, -0.1) is 0 Å². The Labute approximate surface area is 109 Å². The minimum absolute atomic E-state index is 0.352. The third kappa shape index (κ3) is 3.64. The number of hydrogen-bond acceptors (Lipinski definition) is 3. The zero-order valence-electron chi connectivity index (χ0n) is 11.4. The van der Waals surface area contributed by atoms with Crippen LogP contribution in [0.4, 0.5) is 5.69 Å². The Morgan fingerprint density at radius 2 is 2.33 bits per heavy atom. The quantitative estimate of drug-likeness (QED) is 0.838. The molecule has 100 valence electrons. The van der Waals surface area contributed by atoms with Crippen LogP contribution >= 0.6 is 0 Å². The molecule has 3 heteroatoms. The first-order chi connectivity index (χ1) is 8.79. The van der Waals surface area contributed by atoms with Gasteiger partial charge in [-0.05, 0) is 43.9 Å². The first kappa shape index (κ1) is 13.2. The zero-order chi connectivity index (χ0) is 12.8. The Hall–Kier alpha value is -1.22. The molecule has 0 radical (unpaired) electrons. The molecule has 1 saturated heterocycles. The van der Waals surface area contributed by atoms with E-state index in [1.54, 1.807) is 0 Å². The van der Waals surface area contributed by atoms with E-state index in [1.165, 1.54) is 12.0 Å². The summed E-state index contributed by atoms with van der Waals surface area (Å²) in [6.07, 6.45) is 3.72. The van der Waals surface area contributed by atoms with E-state index in [4.69, 9.17) is 9.47 Å². The average Bonchev–Trinajstić information content (AvgIpc) is 2.88. The monoisotopic (exact) mass is 249 g/mol. The van der Waals surface area contributed by atoms with Crippen molar-refractivity contribution in [2.45, 2.75) is 39.2 Å². The molecule has 0 spiro atoms. The molecule has 1 unspecified atom stereocenters. The van der Waals surface area contributed by atoms with Gasteiger partial charge < -0.3 is 14.8 Å². The Kier molecular flexibility index (Phi) is 4.88. The highest BCUT2D eigenvalue weighted by Gasteiger charge is 2.15. The van der Waals surface area contributed by atoms with Crippen molar-refractivity contribution in [3.63, 3.8) is 0 Å². The van der Waals surface area contributed by atoms with Crippen molar-refractivity contribution in [2.24, 2.45) is 0 Å². The highest BCUT2D eigenvalue weighted by molar-refractivity contribution is 5.57. The Bertz CT molecular complexity index is 373. The molecule has 1 aliphatic rings. The molecule has 3 nitrogen and oxygen atoms in total. The first-order valence-corrected chi connectivity index (χ1v) is 6.88. The molecule has 2 rings (SSSR count). The van der Waals surface area contributed by atoms with Crippen LogP contribution in [-0.4, -0.2) is 25.9 Å². The Morgan fingerprint density at radius 1 is 1.44 bits per heavy atom. The van der Waals surface area contributed by atoms with E-state index in [0.717, 1.165) is 44.0 Å². The maximum absolute atomic E-state index is 5.78. The van der Waals surface area contributed by atoms with Crippen molar-refractivity contribution in [2.75, 3.05) is 25.1 Å². The summed E-state index contributed by atoms with van der Waals surface area (Å²) in [5, 5.41) is 3.44. The lowest BCUT2D eigenvalue weighted by molar-refractivity contribution is 0.120. The van der Waals surface area contributed by atoms with Crippen LogP contribution in [0.3, 0.4) is 0 Å². The minimum Gasteiger partial charge on any atom is -0.491 e. The van der Waals surface area contributed by atoms with E-state index < -0.39 is 0 Å². The largest absolute Gasteiger partial charge is 0.491 e. The van der Waals surface area contributed by atoms with Gasteiger partial charge in [-0.2, -0.15) is 0 Å². The van der Waals surface area contributed by atoms with Crippen LogP contribution in [0.5, 0.6) is 5.75 Å². The number of hydrogen-bond donors (Lipinski definition) is 1. The summed E-state index contributed by atoms with van der Waals surface area (Å²) >= 11 is 0. The summed E-state index contributed by atoms with van der Waals surface area (Å²) in [4.78, 5) is 0. The zero-order valence-corrected chi connectivity index (χ0v) is 11.4. The Morgan fingerprint density at radius 3 is 3.06 bits per heavy atom. The molecule has 1 N–H and O–H groups in total. The molecule has 0 aromatic heterocycles. The van der Waals surface area contributed by atoms with Gasteiger partial charge in [0.1, 0.15) is 5.75 Å². The van der Waals surface area contributed by atoms with Crippen LogP contribution in [0.1, 0.15) is 31.7 Å². The molecule has 0 saturated carbocycles. The van der Waals surface area contributed by atoms with Gasteiger partial charge in [0.05, 0.1) is 18.4 Å². The third-order valence-corrected chi connectivity index (χ3v) is 3.14. The topological polar surface area (TPSA) is 30.5 Å². The van der Waals surface area contributed by atoms with Crippen molar-refractivity contribution in [1.29, 1.82) is 0 Å². The van der Waals surface area contributed by atoms with E-state index >= 15 is 0 Å². The summed E-state index contributed by atoms with van der Waals surface area (Å²) in [5.74, 6) is 0.954. The number of nitrogens with one attached hydrogen (secondary N) is 1. The van der Waals surface area contributed by atoms with Crippen molar-refractivity contribution < 1.29 is 9.47 Å². The van der Waals surface area contributed by atoms with Gasteiger partial charge in [0.15, 0.2) is 0 Å². The fraction of sp³-hybridized carbons (Fsp3) is 0.600. The maximum Gasteiger partial charge on any atom is 0.142 e. The van der Waals surface area contributed by atoms with Gasteiger partial charge in [-0.25, -0.2) is 0 Å². The molecule has 1 heterocycles.